The number of nitrogens with one attached hydrogen (secondary N) is 1. The molecule has 0 amide bonds. The van der Waals surface area contributed by atoms with Gasteiger partial charge in [0.05, 0.1) is 5.69 Å². The summed E-state index contributed by atoms with van der Waals surface area (Å²) in [5, 5.41) is 1.57. The zero-order chi connectivity index (χ0) is 10.1. The molecule has 14 heavy (non-hydrogen) atoms. The standard InChI is InChI=1S/C9H9N3OS/c1-5(13)7-3-6-4-10-9(14-2)12-8(6)11-7/h3-4H,1-2H3,(H,10,11,12). The van der Waals surface area contributed by atoms with Gasteiger partial charge in [0.2, 0.25) is 0 Å². The molecule has 0 spiro atoms. The molecule has 0 fully saturated rings. The van der Waals surface area contributed by atoms with Crippen molar-refractivity contribution < 1.29 is 4.79 Å². The molecule has 0 saturated heterocycles. The van der Waals surface area contributed by atoms with Gasteiger partial charge in [-0.2, -0.15) is 0 Å². The van der Waals surface area contributed by atoms with Crippen LogP contribution >= 0.6 is 11.8 Å². The van der Waals surface area contributed by atoms with Crippen molar-refractivity contribution in [2.75, 3.05) is 6.26 Å². The van der Waals surface area contributed by atoms with Gasteiger partial charge < -0.3 is 4.98 Å². The first-order chi connectivity index (χ1) is 6.70. The maximum absolute atomic E-state index is 11.1. The summed E-state index contributed by atoms with van der Waals surface area (Å²) < 4.78 is 0. The van der Waals surface area contributed by atoms with Crippen LogP contribution < -0.4 is 0 Å². The summed E-state index contributed by atoms with van der Waals surface area (Å²) in [5.74, 6) is 0.00806. The number of nitrogens with zero attached hydrogens (tertiary/aromatic N) is 2. The van der Waals surface area contributed by atoms with Crippen LogP contribution in [-0.4, -0.2) is 27.0 Å². The minimum atomic E-state index is 0.00806. The highest BCUT2D eigenvalue weighted by Gasteiger charge is 2.06. The van der Waals surface area contributed by atoms with E-state index < -0.39 is 0 Å². The lowest BCUT2D eigenvalue weighted by Crippen LogP contribution is -1.90. The van der Waals surface area contributed by atoms with Gasteiger partial charge in [0.15, 0.2) is 10.9 Å². The molecule has 0 aliphatic heterocycles. The Morgan fingerprint density at radius 3 is 3.00 bits per heavy atom. The first kappa shape index (κ1) is 9.21. The van der Waals surface area contributed by atoms with Gasteiger partial charge in [-0.15, -0.1) is 0 Å². The number of H-pyrrole nitrogens is 1. The molecule has 72 valence electrons. The van der Waals surface area contributed by atoms with Gasteiger partial charge >= 0.3 is 0 Å². The zero-order valence-electron chi connectivity index (χ0n) is 7.87. The Hall–Kier alpha value is -1.36. The average Bonchev–Trinajstić information content (AvgIpc) is 2.59. The summed E-state index contributed by atoms with van der Waals surface area (Å²) in [7, 11) is 0. The Morgan fingerprint density at radius 2 is 2.36 bits per heavy atom. The molecule has 2 rings (SSSR count). The Bertz CT molecular complexity index is 492. The summed E-state index contributed by atoms with van der Waals surface area (Å²) in [6, 6.07) is 1.77. The topological polar surface area (TPSA) is 58.6 Å². The predicted octanol–water partition coefficient (Wildman–Crippen LogP) is 1.88. The molecule has 0 radical (unpaired) electrons. The van der Waals surface area contributed by atoms with Crippen molar-refractivity contribution >= 4 is 28.6 Å². The number of aromatic nitrogens is 3. The van der Waals surface area contributed by atoms with Gasteiger partial charge in [-0.3, -0.25) is 4.79 Å². The number of Topliss-reactive ketones (excluding diaryl/α,β-unsaturated/α-hetero) is 1. The number of ketones is 1. The summed E-state index contributed by atoms with van der Waals surface area (Å²) in [4.78, 5) is 22.4. The Kier molecular flexibility index (Phi) is 2.25. The number of carbonyl (C=O) groups is 1. The molecule has 2 aromatic heterocycles. The third-order valence-electron chi connectivity index (χ3n) is 1.91. The van der Waals surface area contributed by atoms with Crippen molar-refractivity contribution in [3.05, 3.63) is 18.0 Å². The molecule has 0 saturated carbocycles. The molecule has 4 nitrogen and oxygen atoms in total. The second-order valence-corrected chi connectivity index (χ2v) is 3.67. The molecule has 0 aliphatic carbocycles. The molecular formula is C9H9N3OS. The lowest BCUT2D eigenvalue weighted by Gasteiger charge is -1.92. The fourth-order valence-electron chi connectivity index (χ4n) is 1.19. The third kappa shape index (κ3) is 1.50. The van der Waals surface area contributed by atoms with Crippen LogP contribution in [0, 0.1) is 0 Å². The highest BCUT2D eigenvalue weighted by molar-refractivity contribution is 7.98. The molecule has 0 bridgehead atoms. The molecule has 2 heterocycles. The SMILES string of the molecule is CSc1ncc2cc(C(C)=O)[nH]c2n1. The molecule has 2 aromatic rings. The summed E-state index contributed by atoms with van der Waals surface area (Å²) in [6.45, 7) is 1.52. The van der Waals surface area contributed by atoms with Gasteiger partial charge in [0, 0.05) is 18.5 Å². The quantitative estimate of drug-likeness (QED) is 0.464. The maximum Gasteiger partial charge on any atom is 0.189 e. The van der Waals surface area contributed by atoms with Crippen LogP contribution in [0.1, 0.15) is 17.4 Å². The van der Waals surface area contributed by atoms with E-state index in [2.05, 4.69) is 15.0 Å². The summed E-state index contributed by atoms with van der Waals surface area (Å²) in [6.07, 6.45) is 3.63. The number of rotatable bonds is 2. The first-order valence-corrected chi connectivity index (χ1v) is 5.34. The third-order valence-corrected chi connectivity index (χ3v) is 2.47. The smallest absolute Gasteiger partial charge is 0.189 e. The van der Waals surface area contributed by atoms with Gasteiger partial charge in [-0.05, 0) is 12.3 Å². The lowest BCUT2D eigenvalue weighted by atomic mass is 10.3. The fraction of sp³-hybridized carbons (Fsp3) is 0.222. The van der Waals surface area contributed by atoms with E-state index in [-0.39, 0.29) is 5.78 Å². The zero-order valence-corrected chi connectivity index (χ0v) is 8.68. The van der Waals surface area contributed by atoms with Crippen LogP contribution in [0.3, 0.4) is 0 Å². The number of fused-ring (bicyclic) bond motifs is 1. The fourth-order valence-corrected chi connectivity index (χ4v) is 1.53. The number of thioether (sulfide) groups is 1. The van der Waals surface area contributed by atoms with Crippen molar-refractivity contribution in [1.29, 1.82) is 0 Å². The van der Waals surface area contributed by atoms with E-state index >= 15 is 0 Å². The van der Waals surface area contributed by atoms with Crippen LogP contribution in [0.2, 0.25) is 0 Å². The molecule has 1 N–H and O–H groups in total. The van der Waals surface area contributed by atoms with E-state index in [0.717, 1.165) is 11.0 Å². The highest BCUT2D eigenvalue weighted by Crippen LogP contribution is 2.16. The van der Waals surface area contributed by atoms with Crippen molar-refractivity contribution in [2.24, 2.45) is 0 Å². The second kappa shape index (κ2) is 3.42. The first-order valence-electron chi connectivity index (χ1n) is 4.11. The molecule has 5 heteroatoms. The summed E-state index contributed by atoms with van der Waals surface area (Å²) in [5.41, 5.74) is 1.29. The minimum Gasteiger partial charge on any atom is -0.337 e. The Labute approximate surface area is 85.1 Å². The van der Waals surface area contributed by atoms with Gasteiger partial charge in [-0.25, -0.2) is 9.97 Å². The number of hydrogen-bond acceptors (Lipinski definition) is 4. The van der Waals surface area contributed by atoms with E-state index in [1.165, 1.54) is 18.7 Å². The Morgan fingerprint density at radius 1 is 1.57 bits per heavy atom. The van der Waals surface area contributed by atoms with E-state index in [1.807, 2.05) is 6.26 Å². The van der Waals surface area contributed by atoms with Crippen LogP contribution in [0.5, 0.6) is 0 Å². The van der Waals surface area contributed by atoms with E-state index in [0.29, 0.717) is 10.9 Å². The van der Waals surface area contributed by atoms with Gasteiger partial charge in [0.1, 0.15) is 5.65 Å². The maximum atomic E-state index is 11.1. The lowest BCUT2D eigenvalue weighted by molar-refractivity contribution is 0.101. The molecule has 0 aliphatic rings. The normalized spacial score (nSPS) is 10.7. The monoisotopic (exact) mass is 207 g/mol. The summed E-state index contributed by atoms with van der Waals surface area (Å²) >= 11 is 1.47. The molecule has 0 aromatic carbocycles. The van der Waals surface area contributed by atoms with Crippen LogP contribution in [0.25, 0.3) is 11.0 Å². The number of aromatic amines is 1. The van der Waals surface area contributed by atoms with Gasteiger partial charge in [-0.1, -0.05) is 11.8 Å². The highest BCUT2D eigenvalue weighted by atomic mass is 32.2. The molecular weight excluding hydrogens is 198 g/mol. The van der Waals surface area contributed by atoms with Gasteiger partial charge in [0.25, 0.3) is 0 Å². The van der Waals surface area contributed by atoms with Crippen LogP contribution in [0.15, 0.2) is 17.4 Å². The molecule has 0 unspecified atom stereocenters. The van der Waals surface area contributed by atoms with E-state index in [9.17, 15) is 4.79 Å². The van der Waals surface area contributed by atoms with Crippen molar-refractivity contribution in [1.82, 2.24) is 15.0 Å². The van der Waals surface area contributed by atoms with Crippen LogP contribution in [-0.2, 0) is 0 Å². The predicted molar refractivity (Wildman–Crippen MR) is 55.7 cm³/mol. The Balaban J connectivity index is 2.60. The number of hydrogen-bond donors (Lipinski definition) is 1. The van der Waals surface area contributed by atoms with Crippen molar-refractivity contribution in [3.8, 4) is 0 Å². The molecule has 0 atom stereocenters. The van der Waals surface area contributed by atoms with E-state index in [4.69, 9.17) is 0 Å². The van der Waals surface area contributed by atoms with E-state index in [1.54, 1.807) is 12.3 Å². The van der Waals surface area contributed by atoms with Crippen molar-refractivity contribution in [2.45, 2.75) is 12.1 Å². The second-order valence-electron chi connectivity index (χ2n) is 2.90. The minimum absolute atomic E-state index is 0.00806. The van der Waals surface area contributed by atoms with Crippen molar-refractivity contribution in [3.63, 3.8) is 0 Å². The average molecular weight is 207 g/mol. The largest absolute Gasteiger partial charge is 0.337 e. The van der Waals surface area contributed by atoms with Crippen LogP contribution in [0.4, 0.5) is 0 Å². The number of carbonyl (C=O) groups excluding carboxylic acids is 1.